The molecular formula is C12H17F3N2O3S. The Hall–Kier alpha value is -0.960. The molecule has 3 amide bonds. The fourth-order valence-electron chi connectivity index (χ4n) is 2.54. The van der Waals surface area contributed by atoms with Gasteiger partial charge in [-0.2, -0.15) is 25.8 Å². The number of halogens is 3. The van der Waals surface area contributed by atoms with Crippen molar-refractivity contribution < 1.29 is 27.5 Å². The lowest BCUT2D eigenvalue weighted by Gasteiger charge is -2.38. The lowest BCUT2D eigenvalue weighted by molar-refractivity contribution is -0.191. The average molecular weight is 326 g/mol. The molecule has 0 aliphatic carbocycles. The third-order valence-corrected chi connectivity index (χ3v) is 4.90. The summed E-state index contributed by atoms with van der Waals surface area (Å²) in [7, 11) is 0. The van der Waals surface area contributed by atoms with E-state index in [1.54, 1.807) is 5.32 Å². The zero-order valence-electron chi connectivity index (χ0n) is 11.5. The molecule has 2 saturated heterocycles. The highest BCUT2D eigenvalue weighted by Crippen LogP contribution is 2.38. The molecule has 9 heteroatoms. The molecule has 120 valence electrons. The SMILES string of the molecule is CC1(C(F)(F)F)NC(=O)N(CC2(CS)CCOCC2)C1=O. The van der Waals surface area contributed by atoms with Gasteiger partial charge in [0.25, 0.3) is 5.91 Å². The molecule has 1 atom stereocenters. The topological polar surface area (TPSA) is 58.6 Å². The number of ether oxygens (including phenoxy) is 1. The van der Waals surface area contributed by atoms with Crippen LogP contribution in [0.4, 0.5) is 18.0 Å². The van der Waals surface area contributed by atoms with E-state index in [2.05, 4.69) is 12.6 Å². The van der Waals surface area contributed by atoms with E-state index in [0.29, 0.717) is 43.6 Å². The van der Waals surface area contributed by atoms with E-state index < -0.39 is 29.1 Å². The van der Waals surface area contributed by atoms with Gasteiger partial charge in [0.1, 0.15) is 0 Å². The smallest absolute Gasteiger partial charge is 0.381 e. The van der Waals surface area contributed by atoms with Gasteiger partial charge < -0.3 is 10.1 Å². The zero-order chi connectivity index (χ0) is 15.9. The van der Waals surface area contributed by atoms with Gasteiger partial charge in [-0.15, -0.1) is 0 Å². The molecule has 0 aromatic rings. The van der Waals surface area contributed by atoms with Gasteiger partial charge in [0, 0.05) is 25.2 Å². The molecule has 2 aliphatic rings. The van der Waals surface area contributed by atoms with E-state index in [4.69, 9.17) is 4.74 Å². The second kappa shape index (κ2) is 5.35. The van der Waals surface area contributed by atoms with Gasteiger partial charge in [-0.05, 0) is 25.5 Å². The number of nitrogens with zero attached hydrogens (tertiary/aromatic N) is 1. The molecule has 1 unspecified atom stereocenters. The largest absolute Gasteiger partial charge is 0.420 e. The Balaban J connectivity index is 2.21. The van der Waals surface area contributed by atoms with Crippen LogP contribution < -0.4 is 5.32 Å². The van der Waals surface area contributed by atoms with Crippen molar-refractivity contribution in [2.75, 3.05) is 25.5 Å². The van der Waals surface area contributed by atoms with Gasteiger partial charge in [0.15, 0.2) is 0 Å². The molecule has 0 radical (unpaired) electrons. The molecule has 2 aliphatic heterocycles. The van der Waals surface area contributed by atoms with Crippen molar-refractivity contribution in [1.82, 2.24) is 10.2 Å². The molecule has 0 spiro atoms. The average Bonchev–Trinajstić information content (AvgIpc) is 2.64. The van der Waals surface area contributed by atoms with Crippen molar-refractivity contribution in [1.29, 1.82) is 0 Å². The zero-order valence-corrected chi connectivity index (χ0v) is 12.4. The fourth-order valence-corrected chi connectivity index (χ4v) is 2.95. The fraction of sp³-hybridized carbons (Fsp3) is 0.833. The summed E-state index contributed by atoms with van der Waals surface area (Å²) in [6.07, 6.45) is -3.73. The third-order valence-electron chi connectivity index (χ3n) is 4.22. The number of hydrogen-bond donors (Lipinski definition) is 2. The summed E-state index contributed by atoms with van der Waals surface area (Å²) in [4.78, 5) is 24.6. The van der Waals surface area contributed by atoms with Crippen LogP contribution in [0.25, 0.3) is 0 Å². The monoisotopic (exact) mass is 326 g/mol. The van der Waals surface area contributed by atoms with Crippen LogP contribution in [0.15, 0.2) is 0 Å². The summed E-state index contributed by atoms with van der Waals surface area (Å²) in [5, 5.41) is 1.76. The van der Waals surface area contributed by atoms with Gasteiger partial charge in [-0.3, -0.25) is 9.69 Å². The van der Waals surface area contributed by atoms with E-state index >= 15 is 0 Å². The van der Waals surface area contributed by atoms with Crippen LogP contribution in [0.1, 0.15) is 19.8 Å². The van der Waals surface area contributed by atoms with Crippen LogP contribution in [0.5, 0.6) is 0 Å². The number of hydrogen-bond acceptors (Lipinski definition) is 4. The van der Waals surface area contributed by atoms with Crippen LogP contribution >= 0.6 is 12.6 Å². The van der Waals surface area contributed by atoms with Crippen molar-refractivity contribution in [2.24, 2.45) is 5.41 Å². The summed E-state index contributed by atoms with van der Waals surface area (Å²) in [6.45, 7) is 1.50. The van der Waals surface area contributed by atoms with E-state index in [1.165, 1.54) is 0 Å². The highest BCUT2D eigenvalue weighted by atomic mass is 32.1. The molecule has 0 aromatic heterocycles. The predicted molar refractivity (Wildman–Crippen MR) is 71.0 cm³/mol. The minimum atomic E-state index is -4.84. The van der Waals surface area contributed by atoms with Crippen molar-refractivity contribution in [3.63, 3.8) is 0 Å². The summed E-state index contributed by atoms with van der Waals surface area (Å²) in [6, 6.07) is -1.01. The van der Waals surface area contributed by atoms with Gasteiger partial charge in [0.2, 0.25) is 5.54 Å². The van der Waals surface area contributed by atoms with Gasteiger partial charge >= 0.3 is 12.2 Å². The first-order valence-electron chi connectivity index (χ1n) is 6.55. The molecule has 2 rings (SSSR count). The van der Waals surface area contributed by atoms with Gasteiger partial charge in [-0.1, -0.05) is 0 Å². The van der Waals surface area contributed by atoms with Crippen molar-refractivity contribution in [3.8, 4) is 0 Å². The molecule has 1 N–H and O–H groups in total. The molecule has 0 aromatic carbocycles. The summed E-state index contributed by atoms with van der Waals surface area (Å²) in [5.41, 5.74) is -3.35. The Morgan fingerprint density at radius 3 is 2.33 bits per heavy atom. The molecule has 5 nitrogen and oxygen atoms in total. The van der Waals surface area contributed by atoms with Crippen molar-refractivity contribution >= 4 is 24.6 Å². The first-order valence-corrected chi connectivity index (χ1v) is 7.18. The second-order valence-electron chi connectivity index (χ2n) is 5.71. The molecular weight excluding hydrogens is 309 g/mol. The van der Waals surface area contributed by atoms with Crippen LogP contribution in [-0.2, 0) is 9.53 Å². The number of urea groups is 1. The minimum Gasteiger partial charge on any atom is -0.381 e. The second-order valence-corrected chi connectivity index (χ2v) is 6.03. The first-order chi connectivity index (χ1) is 9.65. The highest BCUT2D eigenvalue weighted by Gasteiger charge is 2.64. The van der Waals surface area contributed by atoms with E-state index in [9.17, 15) is 22.8 Å². The Labute approximate surface area is 125 Å². The van der Waals surface area contributed by atoms with Crippen LogP contribution in [0, 0.1) is 5.41 Å². The highest BCUT2D eigenvalue weighted by molar-refractivity contribution is 7.80. The minimum absolute atomic E-state index is 0.0732. The normalized spacial score (nSPS) is 29.7. The number of carbonyl (C=O) groups is 2. The van der Waals surface area contributed by atoms with E-state index in [-0.39, 0.29) is 6.54 Å². The number of rotatable bonds is 3. The maximum atomic E-state index is 13.0. The standard InChI is InChI=1S/C12H17F3N2O3S/c1-10(12(13,14)15)8(18)17(9(19)16-10)6-11(7-21)2-4-20-5-3-11/h21H,2-7H2,1H3,(H,16,19). The molecule has 2 heterocycles. The maximum Gasteiger partial charge on any atom is 0.420 e. The lowest BCUT2D eigenvalue weighted by atomic mass is 9.81. The quantitative estimate of drug-likeness (QED) is 0.612. The summed E-state index contributed by atoms with van der Waals surface area (Å²) < 4.78 is 44.2. The van der Waals surface area contributed by atoms with Gasteiger partial charge in [0.05, 0.1) is 0 Å². The van der Waals surface area contributed by atoms with Crippen LogP contribution in [0.3, 0.4) is 0 Å². The number of nitrogens with one attached hydrogen (secondary N) is 1. The third kappa shape index (κ3) is 2.73. The van der Waals surface area contributed by atoms with Crippen molar-refractivity contribution in [3.05, 3.63) is 0 Å². The Kier molecular flexibility index (Phi) is 4.18. The maximum absolute atomic E-state index is 13.0. The number of amides is 3. The molecule has 0 saturated carbocycles. The summed E-state index contributed by atoms with van der Waals surface area (Å²) in [5.74, 6) is -0.886. The number of alkyl halides is 3. The Bertz CT molecular complexity index is 452. The number of carbonyl (C=O) groups excluding carboxylic acids is 2. The lowest BCUT2D eigenvalue weighted by Crippen LogP contribution is -2.56. The van der Waals surface area contributed by atoms with Crippen LogP contribution in [0.2, 0.25) is 0 Å². The first kappa shape index (κ1) is 16.4. The number of imide groups is 1. The Morgan fingerprint density at radius 1 is 1.33 bits per heavy atom. The predicted octanol–water partition coefficient (Wildman–Crippen LogP) is 1.59. The van der Waals surface area contributed by atoms with E-state index in [1.807, 2.05) is 0 Å². The molecule has 2 fully saturated rings. The molecule has 21 heavy (non-hydrogen) atoms. The van der Waals surface area contributed by atoms with Gasteiger partial charge in [-0.25, -0.2) is 4.79 Å². The number of thiol groups is 1. The molecule has 0 bridgehead atoms. The Morgan fingerprint density at radius 2 is 1.90 bits per heavy atom. The van der Waals surface area contributed by atoms with Crippen LogP contribution in [-0.4, -0.2) is 54.1 Å². The van der Waals surface area contributed by atoms with Crippen molar-refractivity contribution in [2.45, 2.75) is 31.5 Å². The van der Waals surface area contributed by atoms with E-state index in [0.717, 1.165) is 0 Å². The summed E-state index contributed by atoms with van der Waals surface area (Å²) >= 11 is 4.23.